The van der Waals surface area contributed by atoms with Crippen molar-refractivity contribution in [1.82, 2.24) is 9.97 Å². The van der Waals surface area contributed by atoms with Gasteiger partial charge in [0.2, 0.25) is 5.88 Å². The van der Waals surface area contributed by atoms with Crippen LogP contribution in [0.3, 0.4) is 0 Å². The zero-order valence-electron chi connectivity index (χ0n) is 8.14. The van der Waals surface area contributed by atoms with Crippen molar-refractivity contribution in [2.75, 3.05) is 0 Å². The normalized spacial score (nSPS) is 9.00. The van der Waals surface area contributed by atoms with Crippen molar-refractivity contribution in [3.05, 3.63) is 20.7 Å². The van der Waals surface area contributed by atoms with Crippen LogP contribution in [0.1, 0.15) is 1.43 Å². The van der Waals surface area contributed by atoms with E-state index in [1.165, 1.54) is 0 Å². The molecule has 0 aromatic carbocycles. The molecule has 14 heavy (non-hydrogen) atoms. The van der Waals surface area contributed by atoms with Crippen LogP contribution in [0.4, 0.5) is 0 Å². The van der Waals surface area contributed by atoms with Crippen LogP contribution in [0.2, 0.25) is 0 Å². The number of aromatic hydroxyl groups is 1. The summed E-state index contributed by atoms with van der Waals surface area (Å²) >= 11 is 0. The third kappa shape index (κ3) is 2.97. The van der Waals surface area contributed by atoms with Gasteiger partial charge in [0.05, 0.1) is 0 Å². The van der Waals surface area contributed by atoms with Gasteiger partial charge in [-0.15, -0.1) is 0 Å². The van der Waals surface area contributed by atoms with E-state index in [1.807, 2.05) is 0 Å². The fourth-order valence-corrected chi connectivity index (χ4v) is 0.631. The maximum Gasteiger partial charge on any atom is 1.00 e. The number of hydrogen-bond acceptors (Lipinski definition) is 6. The Bertz CT molecular complexity index is 418. The first-order valence-corrected chi connectivity index (χ1v) is 3.09. The zero-order chi connectivity index (χ0) is 10.0. The van der Waals surface area contributed by atoms with E-state index < -0.39 is 30.2 Å². The molecule has 0 saturated carbocycles. The van der Waals surface area contributed by atoms with Crippen molar-refractivity contribution in [3.8, 4) is 11.8 Å². The SMILES string of the molecule is O=c1[nH]c(O)c(OB(O)O)[nH]c1=O.[H-].[Li+]. The summed E-state index contributed by atoms with van der Waals surface area (Å²) < 4.78 is 4.12. The average Bonchev–Trinajstić information content (AvgIpc) is 1.99. The van der Waals surface area contributed by atoms with Gasteiger partial charge >= 0.3 is 37.3 Å². The van der Waals surface area contributed by atoms with Gasteiger partial charge in [-0.05, 0) is 0 Å². The Morgan fingerprint density at radius 3 is 2.21 bits per heavy atom. The Balaban J connectivity index is 0. The smallest absolute Gasteiger partial charge is 1.00 e. The molecule has 1 aromatic heterocycles. The largest absolute Gasteiger partial charge is 1.00 e. The van der Waals surface area contributed by atoms with Crippen LogP contribution >= 0.6 is 0 Å². The number of H-pyrrole nitrogens is 2. The van der Waals surface area contributed by atoms with Crippen LogP contribution in [0.5, 0.6) is 11.8 Å². The summed E-state index contributed by atoms with van der Waals surface area (Å²) in [5.41, 5.74) is -2.15. The fourth-order valence-electron chi connectivity index (χ4n) is 0.631. The molecule has 5 N–H and O–H groups in total. The number of aromatic amines is 2. The molecule has 8 nitrogen and oxygen atoms in total. The second-order valence-corrected chi connectivity index (χ2v) is 2.03. The molecule has 0 fully saturated rings. The van der Waals surface area contributed by atoms with Gasteiger partial charge in [0.1, 0.15) is 0 Å². The quantitative estimate of drug-likeness (QED) is 0.236. The van der Waals surface area contributed by atoms with Gasteiger partial charge in [-0.2, -0.15) is 0 Å². The Hall–Kier alpha value is -1.14. The van der Waals surface area contributed by atoms with Crippen LogP contribution in [-0.2, 0) is 0 Å². The minimum absolute atomic E-state index is 0. The van der Waals surface area contributed by atoms with E-state index in [2.05, 4.69) is 4.65 Å². The molecule has 0 atom stereocenters. The van der Waals surface area contributed by atoms with Gasteiger partial charge < -0.3 is 21.2 Å². The van der Waals surface area contributed by atoms with Crippen molar-refractivity contribution >= 4 is 7.32 Å². The van der Waals surface area contributed by atoms with Crippen LogP contribution in [0.15, 0.2) is 9.59 Å². The summed E-state index contributed by atoms with van der Waals surface area (Å²) in [7, 11) is -2.20. The van der Waals surface area contributed by atoms with E-state index in [0.29, 0.717) is 0 Å². The molecule has 0 radical (unpaired) electrons. The van der Waals surface area contributed by atoms with Crippen LogP contribution in [0.25, 0.3) is 0 Å². The Kier molecular flexibility index (Phi) is 4.52. The van der Waals surface area contributed by atoms with Crippen molar-refractivity contribution in [2.45, 2.75) is 0 Å². The molecule has 1 rings (SSSR count). The first-order chi connectivity index (χ1) is 6.00. The zero-order valence-corrected chi connectivity index (χ0v) is 7.14. The van der Waals surface area contributed by atoms with Crippen molar-refractivity contribution in [3.63, 3.8) is 0 Å². The number of nitrogens with one attached hydrogen (secondary N) is 2. The second kappa shape index (κ2) is 4.92. The fraction of sp³-hybridized carbons (Fsp3) is 0. The van der Waals surface area contributed by atoms with Gasteiger partial charge in [0, 0.05) is 0 Å². The Morgan fingerprint density at radius 1 is 1.21 bits per heavy atom. The summed E-state index contributed by atoms with van der Waals surface area (Å²) in [6, 6.07) is 0. The maximum atomic E-state index is 10.6. The van der Waals surface area contributed by atoms with Crippen LogP contribution in [-0.4, -0.2) is 32.4 Å². The third-order valence-corrected chi connectivity index (χ3v) is 1.10. The Labute approximate surface area is 90.4 Å². The van der Waals surface area contributed by atoms with Crippen molar-refractivity contribution in [1.29, 1.82) is 0 Å². The van der Waals surface area contributed by atoms with E-state index >= 15 is 0 Å². The molecule has 1 heterocycles. The first kappa shape index (κ1) is 12.9. The molecule has 0 aliphatic heterocycles. The van der Waals surface area contributed by atoms with Gasteiger partial charge in [-0.25, -0.2) is 0 Å². The molecule has 1 aromatic rings. The summed E-state index contributed by atoms with van der Waals surface area (Å²) in [6.07, 6.45) is 0. The van der Waals surface area contributed by atoms with Gasteiger partial charge in [0.25, 0.3) is 5.88 Å². The molecule has 0 aliphatic carbocycles. The van der Waals surface area contributed by atoms with Crippen LogP contribution in [0, 0.1) is 0 Å². The van der Waals surface area contributed by atoms with Gasteiger partial charge in [0.15, 0.2) is 0 Å². The molecule has 10 heteroatoms. The third-order valence-electron chi connectivity index (χ3n) is 1.10. The predicted octanol–water partition coefficient (Wildman–Crippen LogP) is -5.77. The average molecular weight is 196 g/mol. The molecule has 0 unspecified atom stereocenters. The van der Waals surface area contributed by atoms with E-state index in [0.717, 1.165) is 0 Å². The molecule has 0 amide bonds. The molecule has 0 aliphatic rings. The molecule has 0 spiro atoms. The number of hydrogen-bond donors (Lipinski definition) is 5. The van der Waals surface area contributed by atoms with Gasteiger partial charge in [-0.3, -0.25) is 19.6 Å². The minimum Gasteiger partial charge on any atom is -1.00 e. The van der Waals surface area contributed by atoms with Crippen molar-refractivity contribution in [2.24, 2.45) is 0 Å². The Morgan fingerprint density at radius 2 is 1.71 bits per heavy atom. The van der Waals surface area contributed by atoms with Gasteiger partial charge in [-0.1, -0.05) is 0 Å². The minimum atomic E-state index is -2.20. The second-order valence-electron chi connectivity index (χ2n) is 2.03. The summed E-state index contributed by atoms with van der Waals surface area (Å²) in [6.45, 7) is 0. The summed E-state index contributed by atoms with van der Waals surface area (Å²) in [4.78, 5) is 24.7. The topological polar surface area (TPSA) is 136 Å². The van der Waals surface area contributed by atoms with E-state index in [4.69, 9.17) is 15.2 Å². The summed E-state index contributed by atoms with van der Waals surface area (Å²) in [5, 5.41) is 25.5. The molecular formula is C4H6BLiN2O6. The molecular weight excluding hydrogens is 190 g/mol. The van der Waals surface area contributed by atoms with E-state index in [1.54, 1.807) is 9.97 Å². The first-order valence-electron chi connectivity index (χ1n) is 3.09. The monoisotopic (exact) mass is 196 g/mol. The van der Waals surface area contributed by atoms with Crippen LogP contribution < -0.4 is 34.6 Å². The molecule has 0 bridgehead atoms. The number of aromatic nitrogens is 2. The maximum absolute atomic E-state index is 10.6. The van der Waals surface area contributed by atoms with E-state index in [-0.39, 0.29) is 20.3 Å². The molecule has 0 saturated heterocycles. The standard InChI is InChI=1S/C4H5BN2O6.Li.H/c8-1-2(9)7-4(3(10)6-1)13-5(11)12;;/h11-12H,(H,7,9)(H2,6,8,10);;/q;+1;-1. The summed E-state index contributed by atoms with van der Waals surface area (Å²) in [5.74, 6) is -1.42. The predicted molar refractivity (Wildman–Crippen MR) is 41.3 cm³/mol. The van der Waals surface area contributed by atoms with E-state index in [9.17, 15) is 9.59 Å². The van der Waals surface area contributed by atoms with Crippen molar-refractivity contribution < 1.29 is 40.1 Å². The molecule has 72 valence electrons. The number of rotatable bonds is 2.